The Morgan fingerprint density at radius 2 is 1.69 bits per heavy atom. The minimum Gasteiger partial charge on any atom is -0.480 e. The van der Waals surface area contributed by atoms with Crippen LogP contribution >= 0.6 is 0 Å². The number of ether oxygens (including phenoxy) is 2. The highest BCUT2D eigenvalue weighted by molar-refractivity contribution is 5.92. The number of hydrogen-bond acceptors (Lipinski definition) is 5. The number of benzene rings is 2. The number of para-hydroxylation sites is 1. The van der Waals surface area contributed by atoms with Crippen molar-refractivity contribution in [3.8, 4) is 0 Å². The van der Waals surface area contributed by atoms with Gasteiger partial charge in [-0.05, 0) is 38.0 Å². The van der Waals surface area contributed by atoms with E-state index < -0.39 is 29.8 Å². The van der Waals surface area contributed by atoms with Gasteiger partial charge in [-0.2, -0.15) is 0 Å². The smallest absolute Gasteiger partial charge is 0.419 e. The third kappa shape index (κ3) is 5.87. The highest BCUT2D eigenvalue weighted by Crippen LogP contribution is 2.24. The first kappa shape index (κ1) is 22.9. The number of carboxylic acids is 1. The van der Waals surface area contributed by atoms with Crippen molar-refractivity contribution in [1.82, 2.24) is 9.88 Å². The molecule has 8 heteroatoms. The van der Waals surface area contributed by atoms with E-state index in [1.807, 2.05) is 18.2 Å². The van der Waals surface area contributed by atoms with Crippen LogP contribution in [0.4, 0.5) is 9.59 Å². The van der Waals surface area contributed by atoms with Gasteiger partial charge in [0.05, 0.1) is 5.52 Å². The molecule has 0 aliphatic carbocycles. The monoisotopic (exact) mass is 438 g/mol. The van der Waals surface area contributed by atoms with Gasteiger partial charge < -0.3 is 19.9 Å². The Morgan fingerprint density at radius 3 is 2.34 bits per heavy atom. The maximum Gasteiger partial charge on any atom is 0.419 e. The fourth-order valence-corrected chi connectivity index (χ4v) is 3.20. The van der Waals surface area contributed by atoms with Gasteiger partial charge in [-0.15, -0.1) is 0 Å². The highest BCUT2D eigenvalue weighted by atomic mass is 16.6. The van der Waals surface area contributed by atoms with E-state index in [0.717, 1.165) is 5.56 Å². The number of amides is 1. The van der Waals surface area contributed by atoms with E-state index in [9.17, 15) is 19.5 Å². The molecule has 0 bridgehead atoms. The lowest BCUT2D eigenvalue weighted by molar-refractivity contribution is -0.139. The zero-order chi connectivity index (χ0) is 23.3. The summed E-state index contributed by atoms with van der Waals surface area (Å²) in [6.45, 7) is 5.33. The number of hydrogen-bond donors (Lipinski definition) is 2. The van der Waals surface area contributed by atoms with Gasteiger partial charge in [-0.25, -0.2) is 14.4 Å². The fraction of sp³-hybridized carbons (Fsp3) is 0.292. The number of carbonyl (C=O) groups is 3. The van der Waals surface area contributed by atoms with Gasteiger partial charge >= 0.3 is 18.2 Å². The summed E-state index contributed by atoms with van der Waals surface area (Å²) in [6, 6.07) is 14.9. The molecule has 0 saturated carbocycles. The van der Waals surface area contributed by atoms with Crippen LogP contribution in [0.25, 0.3) is 10.9 Å². The van der Waals surface area contributed by atoms with Crippen molar-refractivity contribution in [2.45, 2.75) is 45.4 Å². The molecule has 168 valence electrons. The number of aromatic nitrogens is 1. The van der Waals surface area contributed by atoms with Crippen molar-refractivity contribution >= 4 is 29.1 Å². The summed E-state index contributed by atoms with van der Waals surface area (Å²) >= 11 is 0. The predicted molar refractivity (Wildman–Crippen MR) is 118 cm³/mol. The second kappa shape index (κ2) is 9.55. The average molecular weight is 438 g/mol. The number of nitrogens with zero attached hydrogens (tertiary/aromatic N) is 1. The van der Waals surface area contributed by atoms with Crippen molar-refractivity contribution in [1.29, 1.82) is 0 Å². The molecule has 2 aromatic carbocycles. The normalized spacial score (nSPS) is 12.2. The van der Waals surface area contributed by atoms with Crippen LogP contribution < -0.4 is 5.32 Å². The fourth-order valence-electron chi connectivity index (χ4n) is 3.20. The number of carbonyl (C=O) groups excluding carboxylic acids is 2. The molecule has 1 amide bonds. The lowest BCUT2D eigenvalue weighted by Gasteiger charge is -2.19. The summed E-state index contributed by atoms with van der Waals surface area (Å²) in [5.74, 6) is -1.21. The maximum absolute atomic E-state index is 12.6. The SMILES string of the molecule is CC(C)(C)OC(=O)n1cc(CC(NC(=O)OCc2ccccc2)C(=O)O)c2ccccc21. The van der Waals surface area contributed by atoms with E-state index in [1.54, 1.807) is 63.4 Å². The van der Waals surface area contributed by atoms with E-state index in [2.05, 4.69) is 5.32 Å². The summed E-state index contributed by atoms with van der Waals surface area (Å²) in [5, 5.41) is 12.7. The minimum absolute atomic E-state index is 0.0248. The molecular formula is C24H26N2O6. The van der Waals surface area contributed by atoms with Gasteiger partial charge in [-0.3, -0.25) is 4.57 Å². The zero-order valence-electron chi connectivity index (χ0n) is 18.2. The van der Waals surface area contributed by atoms with Crippen molar-refractivity contribution in [2.75, 3.05) is 0 Å². The molecule has 1 unspecified atom stereocenters. The van der Waals surface area contributed by atoms with Crippen LogP contribution in [0.3, 0.4) is 0 Å². The summed E-state index contributed by atoms with van der Waals surface area (Å²) in [4.78, 5) is 36.6. The Labute approximate surface area is 185 Å². The molecule has 0 fully saturated rings. The third-order valence-corrected chi connectivity index (χ3v) is 4.61. The summed E-state index contributed by atoms with van der Waals surface area (Å²) in [7, 11) is 0. The Bertz CT molecular complexity index is 1110. The quantitative estimate of drug-likeness (QED) is 0.593. The summed E-state index contributed by atoms with van der Waals surface area (Å²) in [6.07, 6.45) is 0.108. The van der Waals surface area contributed by atoms with Crippen LogP contribution in [0.1, 0.15) is 31.9 Å². The van der Waals surface area contributed by atoms with Crippen LogP contribution in [0.5, 0.6) is 0 Å². The van der Waals surface area contributed by atoms with Crippen LogP contribution in [-0.2, 0) is 27.3 Å². The largest absolute Gasteiger partial charge is 0.480 e. The summed E-state index contributed by atoms with van der Waals surface area (Å²) in [5.41, 5.74) is 1.28. The Hall–Kier alpha value is -3.81. The number of rotatable bonds is 6. The van der Waals surface area contributed by atoms with Crippen molar-refractivity contribution < 1.29 is 29.0 Å². The first-order valence-electron chi connectivity index (χ1n) is 10.2. The molecule has 0 saturated heterocycles. The van der Waals surface area contributed by atoms with Crippen molar-refractivity contribution in [2.24, 2.45) is 0 Å². The van der Waals surface area contributed by atoms with Gasteiger partial charge in [0, 0.05) is 18.0 Å². The molecule has 8 nitrogen and oxygen atoms in total. The van der Waals surface area contributed by atoms with Crippen LogP contribution in [0.15, 0.2) is 60.8 Å². The molecule has 0 aliphatic heterocycles. The van der Waals surface area contributed by atoms with Crippen molar-refractivity contribution in [3.05, 3.63) is 71.9 Å². The summed E-state index contributed by atoms with van der Waals surface area (Å²) < 4.78 is 11.9. The number of aliphatic carboxylic acids is 1. The number of carboxylic acid groups (broad SMARTS) is 1. The predicted octanol–water partition coefficient (Wildman–Crippen LogP) is 4.35. The van der Waals surface area contributed by atoms with Gasteiger partial charge in [0.15, 0.2) is 0 Å². The van der Waals surface area contributed by atoms with Gasteiger partial charge in [0.2, 0.25) is 0 Å². The molecule has 32 heavy (non-hydrogen) atoms. The molecule has 0 aliphatic rings. The molecule has 0 spiro atoms. The first-order chi connectivity index (χ1) is 15.1. The zero-order valence-corrected chi connectivity index (χ0v) is 18.2. The van der Waals surface area contributed by atoms with Crippen LogP contribution in [0, 0.1) is 0 Å². The van der Waals surface area contributed by atoms with Gasteiger partial charge in [0.1, 0.15) is 18.2 Å². The lowest BCUT2D eigenvalue weighted by atomic mass is 10.1. The maximum atomic E-state index is 12.6. The highest BCUT2D eigenvalue weighted by Gasteiger charge is 2.25. The van der Waals surface area contributed by atoms with E-state index in [1.165, 1.54) is 4.57 Å². The van der Waals surface area contributed by atoms with E-state index >= 15 is 0 Å². The topological polar surface area (TPSA) is 107 Å². The standard InChI is InChI=1S/C24H26N2O6/c1-24(2,3)32-23(30)26-14-17(18-11-7-8-12-20(18)26)13-19(21(27)28)25-22(29)31-15-16-9-5-4-6-10-16/h4-12,14,19H,13,15H2,1-3H3,(H,25,29)(H,27,28). The molecular weight excluding hydrogens is 412 g/mol. The lowest BCUT2D eigenvalue weighted by Crippen LogP contribution is -2.42. The Balaban J connectivity index is 1.77. The molecule has 3 rings (SSSR count). The molecule has 0 radical (unpaired) electrons. The molecule has 1 aromatic heterocycles. The number of fused-ring (bicyclic) bond motifs is 1. The second-order valence-corrected chi connectivity index (χ2v) is 8.32. The molecule has 2 N–H and O–H groups in total. The Morgan fingerprint density at radius 1 is 1.03 bits per heavy atom. The average Bonchev–Trinajstić information content (AvgIpc) is 3.10. The second-order valence-electron chi connectivity index (χ2n) is 8.32. The third-order valence-electron chi connectivity index (χ3n) is 4.61. The van der Waals surface area contributed by atoms with E-state index in [4.69, 9.17) is 9.47 Å². The Kier molecular flexibility index (Phi) is 6.82. The van der Waals surface area contributed by atoms with Gasteiger partial charge in [-0.1, -0.05) is 48.5 Å². The van der Waals surface area contributed by atoms with E-state index in [-0.39, 0.29) is 13.0 Å². The number of alkyl carbamates (subject to hydrolysis) is 1. The molecule has 1 atom stereocenters. The van der Waals surface area contributed by atoms with E-state index in [0.29, 0.717) is 16.5 Å². The molecule has 1 heterocycles. The van der Waals surface area contributed by atoms with Crippen molar-refractivity contribution in [3.63, 3.8) is 0 Å². The van der Waals surface area contributed by atoms with Crippen LogP contribution in [0.2, 0.25) is 0 Å². The number of nitrogens with one attached hydrogen (secondary N) is 1. The van der Waals surface area contributed by atoms with Crippen LogP contribution in [-0.4, -0.2) is 39.5 Å². The first-order valence-corrected chi connectivity index (χ1v) is 10.2. The van der Waals surface area contributed by atoms with Gasteiger partial charge in [0.25, 0.3) is 0 Å². The minimum atomic E-state index is -1.24. The molecule has 3 aromatic rings.